The van der Waals surface area contributed by atoms with Crippen molar-refractivity contribution >= 4 is 37.7 Å². The second kappa shape index (κ2) is 4.71. The summed E-state index contributed by atoms with van der Waals surface area (Å²) in [5.41, 5.74) is 0.234. The van der Waals surface area contributed by atoms with Gasteiger partial charge in [-0.2, -0.15) is 8.42 Å². The summed E-state index contributed by atoms with van der Waals surface area (Å²) >= 11 is 2.93. The molecule has 0 aliphatic heterocycles. The first-order chi connectivity index (χ1) is 6.93. The summed E-state index contributed by atoms with van der Waals surface area (Å²) in [6.07, 6.45) is 0. The van der Waals surface area contributed by atoms with Crippen LogP contribution in [0.3, 0.4) is 0 Å². The van der Waals surface area contributed by atoms with E-state index in [1.807, 2.05) is 0 Å². The average molecular weight is 296 g/mol. The number of amides is 1. The number of benzene rings is 1. The van der Waals surface area contributed by atoms with Gasteiger partial charge < -0.3 is 5.32 Å². The molecular formula is C8H7BrFNO3S. The van der Waals surface area contributed by atoms with Crippen LogP contribution in [0.25, 0.3) is 0 Å². The summed E-state index contributed by atoms with van der Waals surface area (Å²) in [6, 6.07) is 4.97. The van der Waals surface area contributed by atoms with Gasteiger partial charge in [-0.1, -0.05) is 22.0 Å². The molecule has 0 atom stereocenters. The minimum atomic E-state index is -4.73. The molecule has 7 heteroatoms. The molecule has 0 fully saturated rings. The molecule has 0 aromatic heterocycles. The Kier molecular flexibility index (Phi) is 3.81. The van der Waals surface area contributed by atoms with Crippen LogP contribution in [0.2, 0.25) is 0 Å². The Morgan fingerprint density at radius 3 is 2.67 bits per heavy atom. The molecule has 0 saturated carbocycles. The quantitative estimate of drug-likeness (QED) is 0.682. The number of hydrogen-bond donors (Lipinski definition) is 1. The molecule has 15 heavy (non-hydrogen) atoms. The highest BCUT2D eigenvalue weighted by Gasteiger charge is 2.12. The van der Waals surface area contributed by atoms with Gasteiger partial charge in [-0.3, -0.25) is 4.79 Å². The van der Waals surface area contributed by atoms with Gasteiger partial charge in [-0.25, -0.2) is 0 Å². The molecule has 1 aromatic carbocycles. The van der Waals surface area contributed by atoms with Gasteiger partial charge in [0, 0.05) is 5.69 Å². The molecule has 0 spiro atoms. The number of carbonyl (C=O) groups is 1. The largest absolute Gasteiger partial charge is 0.332 e. The molecule has 82 valence electrons. The Labute approximate surface area is 94.8 Å². The van der Waals surface area contributed by atoms with Crippen LogP contribution in [-0.2, 0) is 15.0 Å². The van der Waals surface area contributed by atoms with E-state index in [0.29, 0.717) is 0 Å². The molecule has 1 rings (SSSR count). The number of alkyl halides is 1. The standard InChI is InChI=1S/C8H7BrFNO3S/c9-5-8(12)11-6-2-1-3-7(4-6)15(10,13)14/h1-4H,5H2,(H,11,12). The lowest BCUT2D eigenvalue weighted by Gasteiger charge is -2.03. The van der Waals surface area contributed by atoms with Crippen LogP contribution < -0.4 is 5.32 Å². The van der Waals surface area contributed by atoms with Crippen molar-refractivity contribution in [3.63, 3.8) is 0 Å². The van der Waals surface area contributed by atoms with Crippen LogP contribution in [-0.4, -0.2) is 19.7 Å². The molecule has 0 radical (unpaired) electrons. The van der Waals surface area contributed by atoms with Gasteiger partial charge in [0.25, 0.3) is 0 Å². The fourth-order valence-electron chi connectivity index (χ4n) is 0.920. The van der Waals surface area contributed by atoms with E-state index in [1.165, 1.54) is 12.1 Å². The molecule has 0 aliphatic carbocycles. The molecule has 0 bridgehead atoms. The van der Waals surface area contributed by atoms with Crippen LogP contribution in [0.15, 0.2) is 29.2 Å². The van der Waals surface area contributed by atoms with Crippen molar-refractivity contribution in [2.75, 3.05) is 10.6 Å². The Balaban J connectivity index is 2.99. The van der Waals surface area contributed by atoms with Gasteiger partial charge in [0.1, 0.15) is 4.90 Å². The number of nitrogens with one attached hydrogen (secondary N) is 1. The third kappa shape index (κ3) is 3.60. The molecule has 0 unspecified atom stereocenters. The molecule has 0 saturated heterocycles. The third-order valence-electron chi connectivity index (χ3n) is 1.52. The monoisotopic (exact) mass is 295 g/mol. The topological polar surface area (TPSA) is 63.2 Å². The van der Waals surface area contributed by atoms with E-state index in [2.05, 4.69) is 21.2 Å². The number of hydrogen-bond acceptors (Lipinski definition) is 3. The zero-order valence-corrected chi connectivity index (χ0v) is 9.81. The number of anilines is 1. The summed E-state index contributed by atoms with van der Waals surface area (Å²) in [4.78, 5) is 10.5. The normalized spacial score (nSPS) is 11.1. The van der Waals surface area contributed by atoms with Gasteiger partial charge in [0.05, 0.1) is 5.33 Å². The van der Waals surface area contributed by atoms with Gasteiger partial charge >= 0.3 is 10.2 Å². The van der Waals surface area contributed by atoms with Gasteiger partial charge in [-0.05, 0) is 18.2 Å². The van der Waals surface area contributed by atoms with Crippen molar-refractivity contribution in [2.45, 2.75) is 4.90 Å². The fraction of sp³-hybridized carbons (Fsp3) is 0.125. The van der Waals surface area contributed by atoms with Crippen molar-refractivity contribution in [3.05, 3.63) is 24.3 Å². The van der Waals surface area contributed by atoms with Crippen molar-refractivity contribution in [1.82, 2.24) is 0 Å². The highest BCUT2D eigenvalue weighted by Crippen LogP contribution is 2.17. The highest BCUT2D eigenvalue weighted by atomic mass is 79.9. The minimum Gasteiger partial charge on any atom is -0.325 e. The smallest absolute Gasteiger partial charge is 0.325 e. The highest BCUT2D eigenvalue weighted by molar-refractivity contribution is 9.09. The van der Waals surface area contributed by atoms with E-state index in [0.717, 1.165) is 12.1 Å². The van der Waals surface area contributed by atoms with Gasteiger partial charge in [0.15, 0.2) is 0 Å². The van der Waals surface area contributed by atoms with E-state index < -0.39 is 15.1 Å². The Morgan fingerprint density at radius 1 is 1.47 bits per heavy atom. The maximum atomic E-state index is 12.6. The van der Waals surface area contributed by atoms with Crippen molar-refractivity contribution < 1.29 is 17.1 Å². The number of carbonyl (C=O) groups excluding carboxylic acids is 1. The van der Waals surface area contributed by atoms with Crippen LogP contribution >= 0.6 is 15.9 Å². The predicted molar refractivity (Wildman–Crippen MR) is 57.2 cm³/mol. The van der Waals surface area contributed by atoms with Crippen molar-refractivity contribution in [3.8, 4) is 0 Å². The summed E-state index contributed by atoms with van der Waals surface area (Å²) < 4.78 is 33.7. The average Bonchev–Trinajstić information content (AvgIpc) is 2.17. The third-order valence-corrected chi connectivity index (χ3v) is 2.85. The number of halogens is 2. The molecule has 1 amide bonds. The van der Waals surface area contributed by atoms with Gasteiger partial charge in [-0.15, -0.1) is 3.89 Å². The maximum Gasteiger partial charge on any atom is 0.332 e. The minimum absolute atomic E-state index is 0.0829. The number of rotatable bonds is 3. The van der Waals surface area contributed by atoms with E-state index >= 15 is 0 Å². The second-order valence-corrected chi connectivity index (χ2v) is 4.56. The van der Waals surface area contributed by atoms with Crippen molar-refractivity contribution in [2.24, 2.45) is 0 Å². The molecular weight excluding hydrogens is 289 g/mol. The molecule has 4 nitrogen and oxygen atoms in total. The lowest BCUT2D eigenvalue weighted by Crippen LogP contribution is -2.12. The van der Waals surface area contributed by atoms with Crippen LogP contribution in [0.1, 0.15) is 0 Å². The summed E-state index contributed by atoms with van der Waals surface area (Å²) in [5, 5.41) is 2.47. The van der Waals surface area contributed by atoms with Gasteiger partial charge in [0.2, 0.25) is 5.91 Å². The Morgan fingerprint density at radius 2 is 2.13 bits per heavy atom. The van der Waals surface area contributed by atoms with Crippen LogP contribution in [0.4, 0.5) is 9.57 Å². The lowest BCUT2D eigenvalue weighted by atomic mass is 10.3. The summed E-state index contributed by atoms with van der Waals surface area (Å²) in [7, 11) is -4.73. The first kappa shape index (κ1) is 12.1. The van der Waals surface area contributed by atoms with E-state index in [4.69, 9.17) is 0 Å². The first-order valence-corrected chi connectivity index (χ1v) is 6.34. The van der Waals surface area contributed by atoms with E-state index in [-0.39, 0.29) is 16.9 Å². The van der Waals surface area contributed by atoms with Crippen LogP contribution in [0, 0.1) is 0 Å². The zero-order valence-electron chi connectivity index (χ0n) is 7.41. The fourth-order valence-corrected chi connectivity index (χ4v) is 1.57. The first-order valence-electron chi connectivity index (χ1n) is 3.84. The summed E-state index contributed by atoms with van der Waals surface area (Å²) in [6.45, 7) is 0. The lowest BCUT2D eigenvalue weighted by molar-refractivity contribution is -0.113. The molecule has 0 heterocycles. The molecule has 1 aromatic rings. The summed E-state index contributed by atoms with van der Waals surface area (Å²) in [5.74, 6) is -0.344. The zero-order chi connectivity index (χ0) is 11.5. The SMILES string of the molecule is O=C(CBr)Nc1cccc(S(=O)(=O)F)c1. The van der Waals surface area contributed by atoms with E-state index in [1.54, 1.807) is 0 Å². The van der Waals surface area contributed by atoms with Crippen LogP contribution in [0.5, 0.6) is 0 Å². The molecule has 0 aliphatic rings. The maximum absolute atomic E-state index is 12.6. The molecule has 1 N–H and O–H groups in total. The van der Waals surface area contributed by atoms with Crippen molar-refractivity contribution in [1.29, 1.82) is 0 Å². The second-order valence-electron chi connectivity index (χ2n) is 2.65. The Bertz CT molecular complexity index is 475. The predicted octanol–water partition coefficient (Wildman–Crippen LogP) is 1.68. The van der Waals surface area contributed by atoms with E-state index in [9.17, 15) is 17.1 Å². The Hall–Kier alpha value is -0.950.